The smallest absolute Gasteiger partial charge is 0.410 e. The Morgan fingerprint density at radius 3 is 2.58 bits per heavy atom. The fourth-order valence-electron chi connectivity index (χ4n) is 3.02. The number of carbonyl (C=O) groups excluding carboxylic acids is 2. The van der Waals surface area contributed by atoms with Gasteiger partial charge in [0.25, 0.3) is 5.91 Å². The fraction of sp³-hybridized carbons (Fsp3) is 0.474. The number of alkyl halides is 1. The van der Waals surface area contributed by atoms with E-state index in [-0.39, 0.29) is 18.1 Å². The number of amides is 2. The third-order valence-electron chi connectivity index (χ3n) is 4.44. The minimum absolute atomic E-state index is 0.114. The average Bonchev–Trinajstić information content (AvgIpc) is 2.69. The molecule has 2 atom stereocenters. The van der Waals surface area contributed by atoms with Crippen LogP contribution < -0.4 is 16.4 Å². The normalized spacial score (nSPS) is 18.9. The minimum Gasteiger partial charge on any atom is -0.444 e. The third kappa shape index (κ3) is 5.96. The van der Waals surface area contributed by atoms with Crippen molar-refractivity contribution in [2.45, 2.75) is 45.0 Å². The van der Waals surface area contributed by atoms with Crippen LogP contribution in [0.25, 0.3) is 0 Å². The summed E-state index contributed by atoms with van der Waals surface area (Å²) in [5.74, 6) is -0.113. The summed E-state index contributed by atoms with van der Waals surface area (Å²) in [5.41, 5.74) is 5.21. The summed E-state index contributed by atoms with van der Waals surface area (Å²) in [5, 5.41) is 5.90. The summed E-state index contributed by atoms with van der Waals surface area (Å²) in [6, 6.07) is 0.890. The molecule has 2 aromatic heterocycles. The molecule has 0 aliphatic carbocycles. The van der Waals surface area contributed by atoms with Crippen LogP contribution in [0.5, 0.6) is 0 Å². The van der Waals surface area contributed by atoms with Crippen LogP contribution in [0.2, 0.25) is 0 Å². The van der Waals surface area contributed by atoms with E-state index in [9.17, 15) is 14.0 Å². The van der Waals surface area contributed by atoms with Crippen LogP contribution in [-0.2, 0) is 4.74 Å². The van der Waals surface area contributed by atoms with Gasteiger partial charge in [0.1, 0.15) is 30.2 Å². The second-order valence-corrected chi connectivity index (χ2v) is 8.05. The number of hydrogen-bond acceptors (Lipinski definition) is 9. The number of nitrogens with two attached hydrogens (primary N) is 1. The molecule has 1 fully saturated rings. The summed E-state index contributed by atoms with van der Waals surface area (Å²) < 4.78 is 20.2. The average molecular weight is 432 g/mol. The lowest BCUT2D eigenvalue weighted by atomic mass is 10.0. The molecular formula is C19H25FN8O3. The van der Waals surface area contributed by atoms with Gasteiger partial charge in [-0.05, 0) is 27.2 Å². The van der Waals surface area contributed by atoms with Crippen LogP contribution in [0.15, 0.2) is 24.9 Å². The lowest BCUT2D eigenvalue weighted by molar-refractivity contribution is 0.0125. The van der Waals surface area contributed by atoms with Crippen molar-refractivity contribution < 1.29 is 18.7 Å². The molecule has 2 amide bonds. The highest BCUT2D eigenvalue weighted by molar-refractivity contribution is 5.98. The molecule has 1 saturated heterocycles. The summed E-state index contributed by atoms with van der Waals surface area (Å²) >= 11 is 0. The molecule has 0 unspecified atom stereocenters. The van der Waals surface area contributed by atoms with E-state index < -0.39 is 29.8 Å². The van der Waals surface area contributed by atoms with Gasteiger partial charge in [0.2, 0.25) is 5.95 Å². The zero-order valence-electron chi connectivity index (χ0n) is 17.5. The molecule has 11 nitrogen and oxygen atoms in total. The maximum Gasteiger partial charge on any atom is 0.410 e. The molecule has 0 aromatic carbocycles. The number of hydrogen-bond donors (Lipinski definition) is 3. The van der Waals surface area contributed by atoms with Gasteiger partial charge < -0.3 is 26.0 Å². The molecule has 1 aliphatic rings. The Morgan fingerprint density at radius 2 is 1.97 bits per heavy atom. The first-order valence-electron chi connectivity index (χ1n) is 9.70. The van der Waals surface area contributed by atoms with Crippen molar-refractivity contribution in [3.05, 3.63) is 30.5 Å². The summed E-state index contributed by atoms with van der Waals surface area (Å²) in [4.78, 5) is 41.1. The number of nitrogens with zero attached hydrogens (tertiary/aromatic N) is 5. The molecule has 1 aliphatic heterocycles. The Morgan fingerprint density at radius 1 is 1.26 bits per heavy atom. The monoisotopic (exact) mass is 432 g/mol. The highest BCUT2D eigenvalue weighted by Gasteiger charge is 2.34. The SMILES string of the molecule is CC(C)(C)OC(=O)N1CC[C@@H](Nc2cc(Nc3ncncn3)ncc2C(N)=O)[C@@H](F)C1. The van der Waals surface area contributed by atoms with Crippen molar-refractivity contribution in [3.8, 4) is 0 Å². The maximum atomic E-state index is 14.9. The zero-order chi connectivity index (χ0) is 22.6. The number of ether oxygens (including phenoxy) is 1. The number of rotatable bonds is 5. The van der Waals surface area contributed by atoms with Crippen LogP contribution in [0, 0.1) is 0 Å². The standard InChI is InChI=1S/C19H25FN8O3/c1-19(2,3)31-18(30)28-5-4-13(12(20)8-28)26-14-6-15(23-7-11(14)16(21)29)27-17-24-9-22-10-25-17/h6-7,9-10,12-13H,4-5,8H2,1-3H3,(H2,21,29)(H2,22,23,24,25,26,27)/t12-,13+/m0/s1. The number of pyridine rings is 1. The summed E-state index contributed by atoms with van der Waals surface area (Å²) in [7, 11) is 0. The molecule has 2 aromatic rings. The fourth-order valence-corrected chi connectivity index (χ4v) is 3.02. The minimum atomic E-state index is -1.38. The topological polar surface area (TPSA) is 148 Å². The third-order valence-corrected chi connectivity index (χ3v) is 4.44. The van der Waals surface area contributed by atoms with Crippen LogP contribution in [0.4, 0.5) is 26.6 Å². The van der Waals surface area contributed by atoms with Gasteiger partial charge in [-0.3, -0.25) is 4.79 Å². The number of piperidine rings is 1. The molecule has 12 heteroatoms. The van der Waals surface area contributed by atoms with Gasteiger partial charge in [-0.25, -0.2) is 29.1 Å². The molecular weight excluding hydrogens is 407 g/mol. The summed E-state index contributed by atoms with van der Waals surface area (Å²) in [6.45, 7) is 5.44. The van der Waals surface area contributed by atoms with Gasteiger partial charge in [-0.2, -0.15) is 0 Å². The zero-order valence-corrected chi connectivity index (χ0v) is 17.5. The van der Waals surface area contributed by atoms with Gasteiger partial charge in [0, 0.05) is 18.8 Å². The van der Waals surface area contributed by atoms with E-state index in [0.29, 0.717) is 24.5 Å². The molecule has 3 rings (SSSR count). The van der Waals surface area contributed by atoms with Crippen LogP contribution >= 0.6 is 0 Å². The first kappa shape index (κ1) is 22.1. The van der Waals surface area contributed by atoms with Gasteiger partial charge in [-0.1, -0.05) is 0 Å². The van der Waals surface area contributed by atoms with E-state index in [1.54, 1.807) is 20.8 Å². The molecule has 3 heterocycles. The molecule has 4 N–H and O–H groups in total. The number of aromatic nitrogens is 4. The second-order valence-electron chi connectivity index (χ2n) is 8.05. The lowest BCUT2D eigenvalue weighted by Gasteiger charge is -2.36. The lowest BCUT2D eigenvalue weighted by Crippen LogP contribution is -2.51. The Kier molecular flexibility index (Phi) is 6.47. The second kappa shape index (κ2) is 9.06. The van der Waals surface area contributed by atoms with Crippen molar-refractivity contribution in [2.75, 3.05) is 23.7 Å². The van der Waals surface area contributed by atoms with E-state index in [1.165, 1.54) is 29.8 Å². The quantitative estimate of drug-likeness (QED) is 0.644. The first-order chi connectivity index (χ1) is 14.6. The number of likely N-dealkylation sites (tertiary alicyclic amines) is 1. The van der Waals surface area contributed by atoms with E-state index in [0.717, 1.165) is 0 Å². The van der Waals surface area contributed by atoms with Crippen LogP contribution in [-0.4, -0.2) is 67.7 Å². The predicted molar refractivity (Wildman–Crippen MR) is 111 cm³/mol. The van der Waals surface area contributed by atoms with Gasteiger partial charge in [0.15, 0.2) is 0 Å². The van der Waals surface area contributed by atoms with E-state index >= 15 is 0 Å². The van der Waals surface area contributed by atoms with Gasteiger partial charge in [0.05, 0.1) is 23.8 Å². The Hall–Kier alpha value is -3.57. The predicted octanol–water partition coefficient (Wildman–Crippen LogP) is 1.87. The Bertz CT molecular complexity index is 937. The summed E-state index contributed by atoms with van der Waals surface area (Å²) in [6.07, 6.45) is 2.31. The van der Waals surface area contributed by atoms with Crippen molar-refractivity contribution >= 4 is 29.5 Å². The number of nitrogens with one attached hydrogen (secondary N) is 2. The molecule has 31 heavy (non-hydrogen) atoms. The highest BCUT2D eigenvalue weighted by Crippen LogP contribution is 2.25. The van der Waals surface area contributed by atoms with E-state index in [4.69, 9.17) is 10.5 Å². The molecule has 166 valence electrons. The van der Waals surface area contributed by atoms with Crippen molar-refractivity contribution in [2.24, 2.45) is 5.73 Å². The van der Waals surface area contributed by atoms with Crippen molar-refractivity contribution in [3.63, 3.8) is 0 Å². The van der Waals surface area contributed by atoms with Crippen molar-refractivity contribution in [1.29, 1.82) is 0 Å². The largest absolute Gasteiger partial charge is 0.444 e. The number of anilines is 3. The van der Waals surface area contributed by atoms with Gasteiger partial charge >= 0.3 is 6.09 Å². The van der Waals surface area contributed by atoms with E-state index in [2.05, 4.69) is 30.6 Å². The van der Waals surface area contributed by atoms with E-state index in [1.807, 2.05) is 0 Å². The van der Waals surface area contributed by atoms with Crippen LogP contribution in [0.3, 0.4) is 0 Å². The van der Waals surface area contributed by atoms with Gasteiger partial charge in [-0.15, -0.1) is 0 Å². The Balaban J connectivity index is 1.71. The molecule has 0 saturated carbocycles. The Labute approximate surface area is 178 Å². The van der Waals surface area contributed by atoms with Crippen LogP contribution in [0.1, 0.15) is 37.6 Å². The number of carbonyl (C=O) groups is 2. The highest BCUT2D eigenvalue weighted by atomic mass is 19.1. The number of primary amides is 1. The number of halogens is 1. The molecule has 0 bridgehead atoms. The molecule has 0 radical (unpaired) electrons. The molecule has 0 spiro atoms. The maximum absolute atomic E-state index is 14.9. The first-order valence-corrected chi connectivity index (χ1v) is 9.70. The van der Waals surface area contributed by atoms with Crippen molar-refractivity contribution in [1.82, 2.24) is 24.8 Å².